The van der Waals surface area contributed by atoms with Crippen molar-refractivity contribution in [2.24, 2.45) is 17.6 Å². The van der Waals surface area contributed by atoms with Crippen molar-refractivity contribution in [3.8, 4) is 0 Å². The molecule has 0 amide bonds. The van der Waals surface area contributed by atoms with Crippen molar-refractivity contribution in [1.82, 2.24) is 0 Å². The third kappa shape index (κ3) is 2.21. The van der Waals surface area contributed by atoms with E-state index in [2.05, 4.69) is 0 Å². The number of nitrogens with two attached hydrogens (primary N) is 1. The van der Waals surface area contributed by atoms with Crippen LogP contribution in [0.4, 0.5) is 0 Å². The molecule has 0 spiro atoms. The Bertz CT molecular complexity index is 159. The van der Waals surface area contributed by atoms with Gasteiger partial charge in [0.1, 0.15) is 0 Å². The average molecular weight is 171 g/mol. The van der Waals surface area contributed by atoms with Gasteiger partial charge in [0.05, 0.1) is 5.92 Å². The van der Waals surface area contributed by atoms with Gasteiger partial charge in [-0.15, -0.1) is 0 Å². The summed E-state index contributed by atoms with van der Waals surface area (Å²) in [6, 6.07) is 0. The molecule has 70 valence electrons. The van der Waals surface area contributed by atoms with Crippen molar-refractivity contribution in [2.45, 2.75) is 32.1 Å². The first-order valence-corrected chi connectivity index (χ1v) is 4.68. The monoisotopic (exact) mass is 171 g/mol. The van der Waals surface area contributed by atoms with Crippen LogP contribution in [-0.2, 0) is 4.79 Å². The lowest BCUT2D eigenvalue weighted by atomic mass is 9.88. The zero-order valence-corrected chi connectivity index (χ0v) is 7.33. The number of rotatable bonds is 2. The summed E-state index contributed by atoms with van der Waals surface area (Å²) in [5.41, 5.74) is 5.54. The number of hydrogen-bond donors (Lipinski definition) is 2. The van der Waals surface area contributed by atoms with Gasteiger partial charge in [-0.25, -0.2) is 0 Å². The molecule has 0 radical (unpaired) electrons. The van der Waals surface area contributed by atoms with Gasteiger partial charge in [0.25, 0.3) is 0 Å². The number of aliphatic carboxylic acids is 1. The highest BCUT2D eigenvalue weighted by Crippen LogP contribution is 2.28. The van der Waals surface area contributed by atoms with E-state index in [-0.39, 0.29) is 11.8 Å². The third-order valence-corrected chi connectivity index (χ3v) is 2.78. The normalized spacial score (nSPS) is 31.1. The molecule has 2 unspecified atom stereocenters. The molecule has 1 fully saturated rings. The average Bonchev–Trinajstić information content (AvgIpc) is 2.27. The van der Waals surface area contributed by atoms with Crippen molar-refractivity contribution < 1.29 is 9.90 Å². The Balaban J connectivity index is 2.57. The topological polar surface area (TPSA) is 63.3 Å². The van der Waals surface area contributed by atoms with E-state index in [0.717, 1.165) is 25.7 Å². The SMILES string of the molecule is NCC1CCCCCC1C(=O)O. The maximum atomic E-state index is 10.8. The molecule has 2 atom stereocenters. The summed E-state index contributed by atoms with van der Waals surface area (Å²) in [6.45, 7) is 0.525. The Morgan fingerprint density at radius 2 is 2.00 bits per heavy atom. The van der Waals surface area contributed by atoms with E-state index < -0.39 is 5.97 Å². The predicted octanol–water partition coefficient (Wildman–Crippen LogP) is 1.23. The van der Waals surface area contributed by atoms with Gasteiger partial charge < -0.3 is 10.8 Å². The van der Waals surface area contributed by atoms with E-state index in [1.807, 2.05) is 0 Å². The van der Waals surface area contributed by atoms with Crippen LogP contribution in [-0.4, -0.2) is 17.6 Å². The summed E-state index contributed by atoms with van der Waals surface area (Å²) in [6.07, 6.45) is 5.17. The van der Waals surface area contributed by atoms with E-state index >= 15 is 0 Å². The second kappa shape index (κ2) is 4.45. The van der Waals surface area contributed by atoms with Crippen LogP contribution in [0.25, 0.3) is 0 Å². The zero-order chi connectivity index (χ0) is 8.97. The summed E-state index contributed by atoms with van der Waals surface area (Å²) in [7, 11) is 0. The van der Waals surface area contributed by atoms with Gasteiger partial charge in [-0.3, -0.25) is 4.79 Å². The van der Waals surface area contributed by atoms with Gasteiger partial charge >= 0.3 is 5.97 Å². The molecular weight excluding hydrogens is 154 g/mol. The minimum atomic E-state index is -0.660. The largest absolute Gasteiger partial charge is 0.481 e. The smallest absolute Gasteiger partial charge is 0.306 e. The third-order valence-electron chi connectivity index (χ3n) is 2.78. The fraction of sp³-hybridized carbons (Fsp3) is 0.889. The Labute approximate surface area is 72.9 Å². The van der Waals surface area contributed by atoms with Gasteiger partial charge in [-0.1, -0.05) is 19.3 Å². The highest BCUT2D eigenvalue weighted by molar-refractivity contribution is 5.70. The number of carboxylic acids is 1. The number of carboxylic acid groups (broad SMARTS) is 1. The summed E-state index contributed by atoms with van der Waals surface area (Å²) in [4.78, 5) is 10.8. The summed E-state index contributed by atoms with van der Waals surface area (Å²) in [5.74, 6) is -0.630. The molecule has 1 aliphatic carbocycles. The minimum absolute atomic E-state index is 0.183. The Kier molecular flexibility index (Phi) is 3.53. The molecule has 3 heteroatoms. The first-order chi connectivity index (χ1) is 5.75. The molecule has 0 aromatic heterocycles. The molecule has 0 saturated heterocycles. The number of hydrogen-bond acceptors (Lipinski definition) is 2. The lowest BCUT2D eigenvalue weighted by Crippen LogP contribution is -2.28. The van der Waals surface area contributed by atoms with E-state index in [1.54, 1.807) is 0 Å². The van der Waals surface area contributed by atoms with Gasteiger partial charge in [-0.05, 0) is 25.3 Å². The Morgan fingerprint density at radius 3 is 2.58 bits per heavy atom. The molecular formula is C9H17NO2. The molecule has 0 heterocycles. The van der Waals surface area contributed by atoms with E-state index in [1.165, 1.54) is 6.42 Å². The first-order valence-electron chi connectivity index (χ1n) is 4.68. The van der Waals surface area contributed by atoms with Crippen molar-refractivity contribution in [3.63, 3.8) is 0 Å². The highest BCUT2D eigenvalue weighted by Gasteiger charge is 2.27. The highest BCUT2D eigenvalue weighted by atomic mass is 16.4. The second-order valence-corrected chi connectivity index (χ2v) is 3.58. The lowest BCUT2D eigenvalue weighted by molar-refractivity contribution is -0.143. The van der Waals surface area contributed by atoms with E-state index in [9.17, 15) is 4.79 Å². The van der Waals surface area contributed by atoms with E-state index in [4.69, 9.17) is 10.8 Å². The quantitative estimate of drug-likeness (QED) is 0.614. The summed E-state index contributed by atoms with van der Waals surface area (Å²) >= 11 is 0. The summed E-state index contributed by atoms with van der Waals surface area (Å²) in [5, 5.41) is 8.91. The Morgan fingerprint density at radius 1 is 1.33 bits per heavy atom. The van der Waals surface area contributed by atoms with Crippen LogP contribution < -0.4 is 5.73 Å². The first kappa shape index (κ1) is 9.52. The molecule has 1 saturated carbocycles. The fourth-order valence-electron chi connectivity index (χ4n) is 1.99. The molecule has 0 bridgehead atoms. The Hall–Kier alpha value is -0.570. The van der Waals surface area contributed by atoms with Crippen molar-refractivity contribution in [2.75, 3.05) is 6.54 Å². The van der Waals surface area contributed by atoms with Gasteiger partial charge in [0.2, 0.25) is 0 Å². The molecule has 0 aromatic carbocycles. The van der Waals surface area contributed by atoms with Gasteiger partial charge in [0.15, 0.2) is 0 Å². The standard InChI is InChI=1S/C9H17NO2/c10-6-7-4-2-1-3-5-8(7)9(11)12/h7-8H,1-6,10H2,(H,11,12). The van der Waals surface area contributed by atoms with Gasteiger partial charge in [0, 0.05) is 0 Å². The molecule has 1 rings (SSSR count). The van der Waals surface area contributed by atoms with Crippen LogP contribution in [0.15, 0.2) is 0 Å². The minimum Gasteiger partial charge on any atom is -0.481 e. The molecule has 0 aliphatic heterocycles. The number of carbonyl (C=O) groups is 1. The van der Waals surface area contributed by atoms with E-state index in [0.29, 0.717) is 6.54 Å². The van der Waals surface area contributed by atoms with Crippen molar-refractivity contribution >= 4 is 5.97 Å². The van der Waals surface area contributed by atoms with Crippen LogP contribution in [0, 0.1) is 11.8 Å². The van der Waals surface area contributed by atoms with Crippen LogP contribution >= 0.6 is 0 Å². The molecule has 3 N–H and O–H groups in total. The zero-order valence-electron chi connectivity index (χ0n) is 7.33. The predicted molar refractivity (Wildman–Crippen MR) is 46.8 cm³/mol. The van der Waals surface area contributed by atoms with Crippen LogP contribution in [0.5, 0.6) is 0 Å². The fourth-order valence-corrected chi connectivity index (χ4v) is 1.99. The summed E-state index contributed by atoms with van der Waals surface area (Å²) < 4.78 is 0. The van der Waals surface area contributed by atoms with Crippen molar-refractivity contribution in [1.29, 1.82) is 0 Å². The van der Waals surface area contributed by atoms with Crippen LogP contribution in [0.2, 0.25) is 0 Å². The molecule has 12 heavy (non-hydrogen) atoms. The molecule has 3 nitrogen and oxygen atoms in total. The second-order valence-electron chi connectivity index (χ2n) is 3.58. The lowest BCUT2D eigenvalue weighted by Gasteiger charge is -2.18. The van der Waals surface area contributed by atoms with Crippen molar-refractivity contribution in [3.05, 3.63) is 0 Å². The van der Waals surface area contributed by atoms with Gasteiger partial charge in [-0.2, -0.15) is 0 Å². The molecule has 1 aliphatic rings. The van der Waals surface area contributed by atoms with Crippen LogP contribution in [0.1, 0.15) is 32.1 Å². The maximum absolute atomic E-state index is 10.8. The maximum Gasteiger partial charge on any atom is 0.306 e. The molecule has 0 aromatic rings. The van der Waals surface area contributed by atoms with Crippen LogP contribution in [0.3, 0.4) is 0 Å².